The number of rotatable bonds is 7. The van der Waals surface area contributed by atoms with Crippen LogP contribution in [-0.2, 0) is 13.0 Å². The van der Waals surface area contributed by atoms with Crippen LogP contribution < -0.4 is 10.1 Å². The number of ether oxygens (including phenoxy) is 1. The summed E-state index contributed by atoms with van der Waals surface area (Å²) in [6.45, 7) is 5.52. The molecule has 0 spiro atoms. The molecule has 112 valence electrons. The molecule has 1 N–H and O–H groups in total. The largest absolute Gasteiger partial charge is 0.472 e. The molecule has 0 amide bonds. The Morgan fingerprint density at radius 2 is 2.10 bits per heavy atom. The molecule has 1 aromatic carbocycles. The molecule has 0 aliphatic heterocycles. The molecule has 5 heteroatoms. The second-order valence-electron chi connectivity index (χ2n) is 4.70. The van der Waals surface area contributed by atoms with Crippen molar-refractivity contribution in [2.45, 2.75) is 33.3 Å². The van der Waals surface area contributed by atoms with E-state index in [9.17, 15) is 0 Å². The molecule has 0 saturated carbocycles. The van der Waals surface area contributed by atoms with Crippen molar-refractivity contribution < 1.29 is 4.74 Å². The summed E-state index contributed by atoms with van der Waals surface area (Å²) in [6.07, 6.45) is 3.40. The van der Waals surface area contributed by atoms with Gasteiger partial charge in [-0.25, -0.2) is 9.97 Å². The summed E-state index contributed by atoms with van der Waals surface area (Å²) in [7, 11) is 0. The molecule has 0 saturated heterocycles. The number of nitrogens with zero attached hydrogens (tertiary/aromatic N) is 2. The molecule has 2 aromatic rings. The fourth-order valence-electron chi connectivity index (χ4n) is 2.01. The molecule has 0 radical (unpaired) electrons. The summed E-state index contributed by atoms with van der Waals surface area (Å²) in [5.41, 5.74) is 2.03. The van der Waals surface area contributed by atoms with Gasteiger partial charge in [0, 0.05) is 11.6 Å². The van der Waals surface area contributed by atoms with Crippen molar-refractivity contribution >= 4 is 17.4 Å². The number of benzene rings is 1. The molecule has 0 atom stereocenters. The highest BCUT2D eigenvalue weighted by atomic mass is 35.5. The Kier molecular flexibility index (Phi) is 5.81. The third-order valence-corrected chi connectivity index (χ3v) is 3.30. The summed E-state index contributed by atoms with van der Waals surface area (Å²) >= 11 is 5.98. The van der Waals surface area contributed by atoms with Gasteiger partial charge < -0.3 is 10.1 Å². The van der Waals surface area contributed by atoms with Crippen LogP contribution in [0.1, 0.15) is 31.4 Å². The maximum atomic E-state index is 5.98. The second kappa shape index (κ2) is 7.84. The van der Waals surface area contributed by atoms with Gasteiger partial charge in [0.1, 0.15) is 18.8 Å². The van der Waals surface area contributed by atoms with Crippen LogP contribution in [0.4, 0.5) is 5.82 Å². The fraction of sp³-hybridized carbons (Fsp3) is 0.375. The van der Waals surface area contributed by atoms with Gasteiger partial charge in [-0.3, -0.25) is 0 Å². The molecule has 0 aliphatic carbocycles. The van der Waals surface area contributed by atoms with Crippen LogP contribution in [0.3, 0.4) is 0 Å². The first-order chi connectivity index (χ1) is 10.2. The van der Waals surface area contributed by atoms with Crippen LogP contribution in [0.5, 0.6) is 5.88 Å². The van der Waals surface area contributed by atoms with Crippen LogP contribution >= 0.6 is 11.6 Å². The van der Waals surface area contributed by atoms with E-state index in [4.69, 9.17) is 16.3 Å². The van der Waals surface area contributed by atoms with E-state index in [0.717, 1.165) is 36.3 Å². The van der Waals surface area contributed by atoms with Crippen molar-refractivity contribution in [1.29, 1.82) is 0 Å². The Bertz CT molecular complexity index is 589. The van der Waals surface area contributed by atoms with E-state index in [1.165, 1.54) is 6.33 Å². The van der Waals surface area contributed by atoms with Crippen molar-refractivity contribution in [3.8, 4) is 5.88 Å². The number of halogens is 1. The summed E-state index contributed by atoms with van der Waals surface area (Å²) in [6, 6.07) is 7.63. The zero-order valence-electron chi connectivity index (χ0n) is 12.4. The van der Waals surface area contributed by atoms with Gasteiger partial charge in [0.25, 0.3) is 0 Å². The van der Waals surface area contributed by atoms with E-state index in [1.807, 2.05) is 24.3 Å². The molecule has 4 nitrogen and oxygen atoms in total. The zero-order chi connectivity index (χ0) is 15.1. The van der Waals surface area contributed by atoms with Gasteiger partial charge in [-0.05, 0) is 30.5 Å². The maximum Gasteiger partial charge on any atom is 0.222 e. The Hall–Kier alpha value is -1.81. The molecule has 0 unspecified atom stereocenters. The van der Waals surface area contributed by atoms with Gasteiger partial charge in [0.05, 0.1) is 5.56 Å². The molecule has 1 aromatic heterocycles. The molecule has 1 heterocycles. The predicted molar refractivity (Wildman–Crippen MR) is 86.0 cm³/mol. The molecule has 21 heavy (non-hydrogen) atoms. The molecular formula is C16H20ClN3O. The average molecular weight is 306 g/mol. The third-order valence-electron chi connectivity index (χ3n) is 3.07. The second-order valence-corrected chi connectivity index (χ2v) is 5.14. The molecule has 0 fully saturated rings. The monoisotopic (exact) mass is 305 g/mol. The van der Waals surface area contributed by atoms with Gasteiger partial charge in [-0.15, -0.1) is 0 Å². The lowest BCUT2D eigenvalue weighted by Gasteiger charge is -2.13. The Labute approximate surface area is 130 Å². The van der Waals surface area contributed by atoms with Gasteiger partial charge in [-0.1, -0.05) is 37.6 Å². The lowest BCUT2D eigenvalue weighted by Crippen LogP contribution is -2.08. The SMILES string of the molecule is CCCNc1ncnc(OCc2cccc(Cl)c2)c1CC. The normalized spacial score (nSPS) is 10.4. The number of aromatic nitrogens is 2. The summed E-state index contributed by atoms with van der Waals surface area (Å²) in [4.78, 5) is 8.54. The molecule has 0 bridgehead atoms. The van der Waals surface area contributed by atoms with Crippen molar-refractivity contribution in [3.05, 3.63) is 46.7 Å². The average Bonchev–Trinajstić information content (AvgIpc) is 2.50. The van der Waals surface area contributed by atoms with Crippen LogP contribution in [0, 0.1) is 0 Å². The highest BCUT2D eigenvalue weighted by molar-refractivity contribution is 6.30. The number of anilines is 1. The van der Waals surface area contributed by atoms with Crippen molar-refractivity contribution in [3.63, 3.8) is 0 Å². The highest BCUT2D eigenvalue weighted by Crippen LogP contribution is 2.23. The highest BCUT2D eigenvalue weighted by Gasteiger charge is 2.10. The van der Waals surface area contributed by atoms with E-state index >= 15 is 0 Å². The number of hydrogen-bond acceptors (Lipinski definition) is 4. The Morgan fingerprint density at radius 1 is 1.24 bits per heavy atom. The van der Waals surface area contributed by atoms with Gasteiger partial charge >= 0.3 is 0 Å². The fourth-order valence-corrected chi connectivity index (χ4v) is 2.23. The molecule has 2 rings (SSSR count). The van der Waals surface area contributed by atoms with Crippen molar-refractivity contribution in [2.24, 2.45) is 0 Å². The minimum Gasteiger partial charge on any atom is -0.472 e. The van der Waals surface area contributed by atoms with E-state index in [-0.39, 0.29) is 0 Å². The Balaban J connectivity index is 2.12. The van der Waals surface area contributed by atoms with Crippen LogP contribution in [0.25, 0.3) is 0 Å². The first-order valence-electron chi connectivity index (χ1n) is 7.19. The van der Waals surface area contributed by atoms with Gasteiger partial charge in [0.15, 0.2) is 0 Å². The minimum atomic E-state index is 0.442. The van der Waals surface area contributed by atoms with Crippen LogP contribution in [-0.4, -0.2) is 16.5 Å². The van der Waals surface area contributed by atoms with E-state index in [0.29, 0.717) is 17.5 Å². The van der Waals surface area contributed by atoms with E-state index in [1.54, 1.807) is 0 Å². The molecule has 0 aliphatic rings. The summed E-state index contributed by atoms with van der Waals surface area (Å²) in [5.74, 6) is 1.49. The zero-order valence-corrected chi connectivity index (χ0v) is 13.2. The predicted octanol–water partition coefficient (Wildman–Crippen LogP) is 4.09. The standard InChI is InChI=1S/C16H20ClN3O/c1-3-8-18-15-14(4-2)16(20-11-19-15)21-10-12-6-5-7-13(17)9-12/h5-7,9,11H,3-4,8,10H2,1-2H3,(H,18,19,20). The minimum absolute atomic E-state index is 0.442. The molecular weight excluding hydrogens is 286 g/mol. The van der Waals surface area contributed by atoms with Crippen LogP contribution in [0.15, 0.2) is 30.6 Å². The number of nitrogens with one attached hydrogen (secondary N) is 1. The lowest BCUT2D eigenvalue weighted by atomic mass is 10.2. The summed E-state index contributed by atoms with van der Waals surface area (Å²) in [5, 5.41) is 4.02. The number of hydrogen-bond donors (Lipinski definition) is 1. The van der Waals surface area contributed by atoms with Gasteiger partial charge in [0.2, 0.25) is 5.88 Å². The quantitative estimate of drug-likeness (QED) is 0.837. The first kappa shape index (κ1) is 15.6. The first-order valence-corrected chi connectivity index (χ1v) is 7.57. The van der Waals surface area contributed by atoms with E-state index < -0.39 is 0 Å². The lowest BCUT2D eigenvalue weighted by molar-refractivity contribution is 0.290. The van der Waals surface area contributed by atoms with E-state index in [2.05, 4.69) is 29.1 Å². The van der Waals surface area contributed by atoms with Gasteiger partial charge in [-0.2, -0.15) is 0 Å². The Morgan fingerprint density at radius 3 is 2.81 bits per heavy atom. The topological polar surface area (TPSA) is 47.0 Å². The van der Waals surface area contributed by atoms with Crippen LogP contribution in [0.2, 0.25) is 5.02 Å². The van der Waals surface area contributed by atoms with Crippen molar-refractivity contribution in [2.75, 3.05) is 11.9 Å². The smallest absolute Gasteiger partial charge is 0.222 e. The summed E-state index contributed by atoms with van der Waals surface area (Å²) < 4.78 is 5.84. The van der Waals surface area contributed by atoms with Crippen molar-refractivity contribution in [1.82, 2.24) is 9.97 Å². The third kappa shape index (κ3) is 4.33. The maximum absolute atomic E-state index is 5.98.